The molecule has 1 saturated carbocycles. The van der Waals surface area contributed by atoms with E-state index in [0.717, 1.165) is 40.3 Å². The number of aromatic nitrogens is 2. The first-order chi connectivity index (χ1) is 16.7. The van der Waals surface area contributed by atoms with Gasteiger partial charge in [0.25, 0.3) is 0 Å². The van der Waals surface area contributed by atoms with Gasteiger partial charge in [0, 0.05) is 24.0 Å². The van der Waals surface area contributed by atoms with E-state index >= 15 is 0 Å². The molecule has 4 aromatic rings. The van der Waals surface area contributed by atoms with E-state index in [4.69, 9.17) is 16.6 Å². The van der Waals surface area contributed by atoms with E-state index in [1.165, 1.54) is 24.8 Å². The van der Waals surface area contributed by atoms with Crippen LogP contribution in [0.25, 0.3) is 11.0 Å². The molecule has 0 radical (unpaired) electrons. The lowest BCUT2D eigenvalue weighted by Gasteiger charge is -2.35. The number of halogens is 1. The average Bonchev–Trinajstić information content (AvgIpc) is 3.21. The Balaban J connectivity index is 1.45. The minimum absolute atomic E-state index is 0.163. The summed E-state index contributed by atoms with van der Waals surface area (Å²) in [6.07, 6.45) is 6.47. The van der Waals surface area contributed by atoms with Gasteiger partial charge in [0.05, 0.1) is 11.0 Å². The number of nitrogens with zero attached hydrogens (tertiary/aromatic N) is 3. The maximum atomic E-state index is 13.9. The Morgan fingerprint density at radius 2 is 1.59 bits per heavy atom. The van der Waals surface area contributed by atoms with Gasteiger partial charge in [0.1, 0.15) is 12.4 Å². The number of benzene rings is 3. The highest BCUT2D eigenvalue weighted by atomic mass is 35.5. The van der Waals surface area contributed by atoms with Crippen molar-refractivity contribution < 1.29 is 4.79 Å². The fourth-order valence-corrected chi connectivity index (χ4v) is 5.17. The van der Waals surface area contributed by atoms with Crippen LogP contribution in [0.3, 0.4) is 0 Å². The lowest BCUT2D eigenvalue weighted by Crippen LogP contribution is -2.42. The lowest BCUT2D eigenvalue weighted by atomic mass is 9.93. The molecule has 1 aromatic heterocycles. The topological polar surface area (TPSA) is 38.1 Å². The molecule has 1 amide bonds. The van der Waals surface area contributed by atoms with Crippen molar-refractivity contribution in [1.82, 2.24) is 14.5 Å². The Bertz CT molecular complexity index is 1240. The van der Waals surface area contributed by atoms with Crippen molar-refractivity contribution in [2.45, 2.75) is 57.7 Å². The molecule has 1 aliphatic rings. The third-order valence-corrected chi connectivity index (χ3v) is 7.09. The number of carbonyl (C=O) groups is 1. The van der Waals surface area contributed by atoms with Crippen LogP contribution in [0.2, 0.25) is 5.02 Å². The van der Waals surface area contributed by atoms with Crippen LogP contribution >= 0.6 is 11.6 Å². The van der Waals surface area contributed by atoms with Crippen LogP contribution in [0.15, 0.2) is 78.9 Å². The van der Waals surface area contributed by atoms with E-state index in [0.29, 0.717) is 25.6 Å². The van der Waals surface area contributed by atoms with Gasteiger partial charge < -0.3 is 9.47 Å². The molecule has 1 aliphatic carbocycles. The summed E-state index contributed by atoms with van der Waals surface area (Å²) in [7, 11) is 0. The predicted molar refractivity (Wildman–Crippen MR) is 138 cm³/mol. The molecule has 0 unspecified atom stereocenters. The summed E-state index contributed by atoms with van der Waals surface area (Å²) in [6, 6.07) is 26.6. The first kappa shape index (κ1) is 22.7. The number of fused-ring (bicyclic) bond motifs is 1. The van der Waals surface area contributed by atoms with Crippen molar-refractivity contribution in [3.8, 4) is 0 Å². The van der Waals surface area contributed by atoms with Gasteiger partial charge in [-0.25, -0.2) is 4.98 Å². The van der Waals surface area contributed by atoms with Crippen LogP contribution in [-0.4, -0.2) is 26.4 Å². The van der Waals surface area contributed by atoms with Gasteiger partial charge in [-0.3, -0.25) is 4.79 Å². The summed E-state index contributed by atoms with van der Waals surface area (Å²) < 4.78 is 2.10. The third-order valence-electron chi connectivity index (χ3n) is 6.83. The van der Waals surface area contributed by atoms with Crippen molar-refractivity contribution in [2.75, 3.05) is 0 Å². The minimum atomic E-state index is 0.163. The molecule has 4 nitrogen and oxygen atoms in total. The number of hydrogen-bond acceptors (Lipinski definition) is 2. The largest absolute Gasteiger partial charge is 0.334 e. The van der Waals surface area contributed by atoms with Crippen LogP contribution in [0.4, 0.5) is 0 Å². The molecule has 174 valence electrons. The van der Waals surface area contributed by atoms with E-state index in [2.05, 4.69) is 27.7 Å². The molecule has 34 heavy (non-hydrogen) atoms. The van der Waals surface area contributed by atoms with Crippen LogP contribution < -0.4 is 0 Å². The number of amides is 1. The molecule has 0 aliphatic heterocycles. The van der Waals surface area contributed by atoms with Crippen LogP contribution in [0.1, 0.15) is 49.1 Å². The summed E-state index contributed by atoms with van der Waals surface area (Å²) in [5, 5.41) is 0.719. The van der Waals surface area contributed by atoms with Gasteiger partial charge in [-0.1, -0.05) is 85.5 Å². The molecule has 0 bridgehead atoms. The molecular weight excluding hydrogens is 442 g/mol. The van der Waals surface area contributed by atoms with Crippen molar-refractivity contribution in [2.24, 2.45) is 0 Å². The second-order valence-electron chi connectivity index (χ2n) is 9.21. The van der Waals surface area contributed by atoms with Gasteiger partial charge in [-0.05, 0) is 48.2 Å². The smallest absolute Gasteiger partial charge is 0.243 e. The Morgan fingerprint density at radius 3 is 2.35 bits per heavy atom. The van der Waals surface area contributed by atoms with Gasteiger partial charge in [-0.2, -0.15) is 0 Å². The van der Waals surface area contributed by atoms with Gasteiger partial charge in [0.15, 0.2) is 0 Å². The Labute approximate surface area is 206 Å². The van der Waals surface area contributed by atoms with Crippen molar-refractivity contribution >= 4 is 28.5 Å². The van der Waals surface area contributed by atoms with E-state index in [9.17, 15) is 4.79 Å². The summed E-state index contributed by atoms with van der Waals surface area (Å²) in [5.41, 5.74) is 4.23. The zero-order chi connectivity index (χ0) is 23.3. The van der Waals surface area contributed by atoms with Crippen LogP contribution in [-0.2, 0) is 24.3 Å². The van der Waals surface area contributed by atoms with Gasteiger partial charge >= 0.3 is 0 Å². The monoisotopic (exact) mass is 471 g/mol. The average molecular weight is 472 g/mol. The minimum Gasteiger partial charge on any atom is -0.334 e. The van der Waals surface area contributed by atoms with E-state index in [1.54, 1.807) is 0 Å². The van der Waals surface area contributed by atoms with Gasteiger partial charge in [0.2, 0.25) is 5.91 Å². The Hall–Kier alpha value is -3.11. The maximum Gasteiger partial charge on any atom is 0.243 e. The zero-order valence-electron chi connectivity index (χ0n) is 19.4. The highest BCUT2D eigenvalue weighted by Crippen LogP contribution is 2.26. The first-order valence-corrected chi connectivity index (χ1v) is 12.6. The first-order valence-electron chi connectivity index (χ1n) is 12.2. The standard InChI is InChI=1S/C29H30ClN3O/c30-24-17-15-22(16-18-24)19-28-31-26-13-7-8-14-27(26)33(28)21-29(34)32(25-11-5-2-6-12-25)20-23-9-3-1-4-10-23/h1,3-4,7-10,13-18,25H,2,5-6,11-12,19-21H2. The molecule has 5 rings (SSSR count). The normalized spacial score (nSPS) is 14.4. The third kappa shape index (κ3) is 5.18. The number of rotatable bonds is 7. The molecule has 0 atom stereocenters. The number of para-hydroxylation sites is 2. The van der Waals surface area contributed by atoms with Crippen molar-refractivity contribution in [3.63, 3.8) is 0 Å². The molecule has 1 heterocycles. The lowest BCUT2D eigenvalue weighted by molar-refractivity contribution is -0.135. The van der Waals surface area contributed by atoms with Crippen LogP contribution in [0.5, 0.6) is 0 Å². The predicted octanol–water partition coefficient (Wildman–Crippen LogP) is 6.64. The second kappa shape index (κ2) is 10.4. The molecule has 3 aromatic carbocycles. The van der Waals surface area contributed by atoms with Gasteiger partial charge in [-0.15, -0.1) is 0 Å². The van der Waals surface area contributed by atoms with Crippen LogP contribution in [0, 0.1) is 0 Å². The second-order valence-corrected chi connectivity index (χ2v) is 9.64. The van der Waals surface area contributed by atoms with Crippen molar-refractivity contribution in [3.05, 3.63) is 101 Å². The van der Waals surface area contributed by atoms with E-state index in [-0.39, 0.29) is 5.91 Å². The quantitative estimate of drug-likeness (QED) is 0.303. The molecule has 1 fully saturated rings. The molecule has 0 spiro atoms. The number of hydrogen-bond donors (Lipinski definition) is 0. The highest BCUT2D eigenvalue weighted by molar-refractivity contribution is 6.30. The summed E-state index contributed by atoms with van der Waals surface area (Å²) >= 11 is 6.08. The highest BCUT2D eigenvalue weighted by Gasteiger charge is 2.27. The van der Waals surface area contributed by atoms with Crippen molar-refractivity contribution in [1.29, 1.82) is 0 Å². The SMILES string of the molecule is O=C(Cn1c(Cc2ccc(Cl)cc2)nc2ccccc21)N(Cc1ccccc1)C1CCCCC1. The molecule has 0 N–H and O–H groups in total. The maximum absolute atomic E-state index is 13.9. The van der Waals surface area contributed by atoms with E-state index in [1.807, 2.05) is 60.7 Å². The fourth-order valence-electron chi connectivity index (χ4n) is 5.04. The number of imidazole rings is 1. The fraction of sp³-hybridized carbons (Fsp3) is 0.310. The molecule has 5 heteroatoms. The molecule has 0 saturated heterocycles. The summed E-state index contributed by atoms with van der Waals surface area (Å²) in [4.78, 5) is 20.9. The number of carbonyl (C=O) groups excluding carboxylic acids is 1. The zero-order valence-corrected chi connectivity index (χ0v) is 20.1. The summed E-state index contributed by atoms with van der Waals surface area (Å²) in [6.45, 7) is 0.955. The molecular formula is C29H30ClN3O. The Morgan fingerprint density at radius 1 is 0.882 bits per heavy atom. The summed E-state index contributed by atoms with van der Waals surface area (Å²) in [5.74, 6) is 1.07. The Kier molecular flexibility index (Phi) is 6.96. The van der Waals surface area contributed by atoms with E-state index < -0.39 is 0 Å².